The van der Waals surface area contributed by atoms with E-state index in [0.717, 1.165) is 23.1 Å². The molecule has 1 heterocycles. The molecule has 102 valence electrons. The van der Waals surface area contributed by atoms with Gasteiger partial charge in [0.2, 0.25) is 0 Å². The molecule has 0 unspecified atom stereocenters. The van der Waals surface area contributed by atoms with Gasteiger partial charge in [0.1, 0.15) is 0 Å². The Bertz CT molecular complexity index is 578. The molecule has 0 spiro atoms. The molecule has 1 aromatic heterocycles. The monoisotopic (exact) mass is 278 g/mol. The number of hydrogen-bond donors (Lipinski definition) is 1. The van der Waals surface area contributed by atoms with Gasteiger partial charge in [0.05, 0.1) is 11.1 Å². The Morgan fingerprint density at radius 2 is 2.05 bits per heavy atom. The molecule has 4 heteroatoms. The fourth-order valence-corrected chi connectivity index (χ4v) is 2.38. The van der Waals surface area contributed by atoms with E-state index < -0.39 is 5.60 Å². The number of likely N-dealkylation sites (N-methyl/N-ethyl adjacent to an activating group) is 1. The van der Waals surface area contributed by atoms with Crippen molar-refractivity contribution in [3.05, 3.63) is 35.5 Å². The van der Waals surface area contributed by atoms with Crippen molar-refractivity contribution in [1.29, 1.82) is 0 Å². The van der Waals surface area contributed by atoms with Crippen molar-refractivity contribution in [2.75, 3.05) is 18.0 Å². The number of rotatable bonds is 4. The first kappa shape index (κ1) is 14.1. The summed E-state index contributed by atoms with van der Waals surface area (Å²) in [6.07, 6.45) is 1.78. The summed E-state index contributed by atoms with van der Waals surface area (Å²) in [6.45, 7) is 7.11. The van der Waals surface area contributed by atoms with Crippen LogP contribution in [0.5, 0.6) is 0 Å². The molecule has 0 fully saturated rings. The van der Waals surface area contributed by atoms with Gasteiger partial charge in [-0.25, -0.2) is 0 Å². The van der Waals surface area contributed by atoms with E-state index in [2.05, 4.69) is 16.8 Å². The van der Waals surface area contributed by atoms with Gasteiger partial charge in [-0.05, 0) is 45.0 Å². The summed E-state index contributed by atoms with van der Waals surface area (Å²) in [5, 5.41) is 11.8. The number of anilines is 1. The maximum Gasteiger partial charge on any atom is 0.0765 e. The third-order valence-corrected chi connectivity index (χ3v) is 3.22. The highest BCUT2D eigenvalue weighted by Gasteiger charge is 2.19. The maximum absolute atomic E-state index is 10.0. The minimum atomic E-state index is -0.738. The Hall–Kier alpha value is -1.32. The number of pyridine rings is 1. The second-order valence-corrected chi connectivity index (χ2v) is 5.75. The van der Waals surface area contributed by atoms with E-state index >= 15 is 0 Å². The third-order valence-electron chi connectivity index (χ3n) is 2.98. The standard InChI is InChI=1S/C15H19ClN2O/c1-4-18(10-15(2,3)19)14-7-8-17-13-9-11(16)5-6-12(13)14/h5-9,19H,4,10H2,1-3H3. The van der Waals surface area contributed by atoms with Crippen LogP contribution in [0.1, 0.15) is 20.8 Å². The first-order chi connectivity index (χ1) is 8.90. The van der Waals surface area contributed by atoms with Gasteiger partial charge in [-0.1, -0.05) is 11.6 Å². The van der Waals surface area contributed by atoms with Crippen LogP contribution in [0.25, 0.3) is 10.9 Å². The molecule has 0 aliphatic carbocycles. The molecule has 19 heavy (non-hydrogen) atoms. The van der Waals surface area contributed by atoms with Crippen molar-refractivity contribution in [3.8, 4) is 0 Å². The van der Waals surface area contributed by atoms with Gasteiger partial charge in [0.15, 0.2) is 0 Å². The second-order valence-electron chi connectivity index (χ2n) is 5.32. The lowest BCUT2D eigenvalue weighted by atomic mass is 10.1. The lowest BCUT2D eigenvalue weighted by molar-refractivity contribution is 0.0876. The van der Waals surface area contributed by atoms with Gasteiger partial charge in [-0.3, -0.25) is 4.98 Å². The summed E-state index contributed by atoms with van der Waals surface area (Å²) in [7, 11) is 0. The molecule has 0 bridgehead atoms. The summed E-state index contributed by atoms with van der Waals surface area (Å²) < 4.78 is 0. The number of benzene rings is 1. The quantitative estimate of drug-likeness (QED) is 0.930. The normalized spacial score (nSPS) is 11.8. The number of aliphatic hydroxyl groups is 1. The van der Waals surface area contributed by atoms with Crippen LogP contribution in [0.3, 0.4) is 0 Å². The Balaban J connectivity index is 2.48. The Kier molecular flexibility index (Phi) is 3.97. The highest BCUT2D eigenvalue weighted by Crippen LogP contribution is 2.28. The molecule has 1 N–H and O–H groups in total. The number of fused-ring (bicyclic) bond motifs is 1. The minimum absolute atomic E-state index is 0.575. The van der Waals surface area contributed by atoms with Crippen LogP contribution in [-0.2, 0) is 0 Å². The van der Waals surface area contributed by atoms with Crippen LogP contribution in [-0.4, -0.2) is 28.8 Å². The molecule has 3 nitrogen and oxygen atoms in total. The topological polar surface area (TPSA) is 36.4 Å². The summed E-state index contributed by atoms with van der Waals surface area (Å²) >= 11 is 6.00. The summed E-state index contributed by atoms with van der Waals surface area (Å²) in [6, 6.07) is 7.68. The van der Waals surface area contributed by atoms with Crippen molar-refractivity contribution in [3.63, 3.8) is 0 Å². The van der Waals surface area contributed by atoms with Gasteiger partial charge in [-0.15, -0.1) is 0 Å². The van der Waals surface area contributed by atoms with E-state index in [9.17, 15) is 5.11 Å². The summed E-state index contributed by atoms with van der Waals surface area (Å²) in [5.74, 6) is 0. The second kappa shape index (κ2) is 5.35. The van der Waals surface area contributed by atoms with E-state index in [4.69, 9.17) is 11.6 Å². The lowest BCUT2D eigenvalue weighted by Gasteiger charge is -2.30. The lowest BCUT2D eigenvalue weighted by Crippen LogP contribution is -2.38. The Labute approximate surface area is 118 Å². The molecular weight excluding hydrogens is 260 g/mol. The first-order valence-electron chi connectivity index (χ1n) is 6.42. The van der Waals surface area contributed by atoms with Gasteiger partial charge in [0.25, 0.3) is 0 Å². The van der Waals surface area contributed by atoms with Gasteiger partial charge >= 0.3 is 0 Å². The molecule has 1 aromatic carbocycles. The Morgan fingerprint density at radius 3 is 2.68 bits per heavy atom. The van der Waals surface area contributed by atoms with Gasteiger partial charge in [-0.2, -0.15) is 0 Å². The van der Waals surface area contributed by atoms with Crippen LogP contribution in [0.2, 0.25) is 5.02 Å². The van der Waals surface area contributed by atoms with Crippen LogP contribution in [0, 0.1) is 0 Å². The zero-order chi connectivity index (χ0) is 14.0. The molecule has 2 aromatic rings. The fourth-order valence-electron chi connectivity index (χ4n) is 2.22. The zero-order valence-corrected chi connectivity index (χ0v) is 12.3. The molecule has 2 rings (SSSR count). The first-order valence-corrected chi connectivity index (χ1v) is 6.80. The average molecular weight is 279 g/mol. The smallest absolute Gasteiger partial charge is 0.0765 e. The van der Waals surface area contributed by atoms with Gasteiger partial charge in [0, 0.05) is 35.4 Å². The maximum atomic E-state index is 10.0. The van der Waals surface area contributed by atoms with Crippen molar-refractivity contribution < 1.29 is 5.11 Å². The predicted molar refractivity (Wildman–Crippen MR) is 80.9 cm³/mol. The predicted octanol–water partition coefficient (Wildman–Crippen LogP) is 3.49. The van der Waals surface area contributed by atoms with Gasteiger partial charge < -0.3 is 10.0 Å². The SMILES string of the molecule is CCN(CC(C)(C)O)c1ccnc2cc(Cl)ccc12. The molecule has 0 aliphatic rings. The number of aromatic nitrogens is 1. The van der Waals surface area contributed by atoms with E-state index in [1.165, 1.54) is 0 Å². The number of halogens is 1. The highest BCUT2D eigenvalue weighted by atomic mass is 35.5. The van der Waals surface area contributed by atoms with Crippen molar-refractivity contribution in [2.45, 2.75) is 26.4 Å². The van der Waals surface area contributed by atoms with E-state index in [-0.39, 0.29) is 0 Å². The van der Waals surface area contributed by atoms with Crippen LogP contribution >= 0.6 is 11.6 Å². The number of hydrogen-bond acceptors (Lipinski definition) is 3. The summed E-state index contributed by atoms with van der Waals surface area (Å²) in [5.41, 5.74) is 1.21. The van der Waals surface area contributed by atoms with E-state index in [1.54, 1.807) is 6.20 Å². The van der Waals surface area contributed by atoms with Crippen molar-refractivity contribution >= 4 is 28.2 Å². The average Bonchev–Trinajstić information content (AvgIpc) is 2.34. The molecule has 0 radical (unpaired) electrons. The molecule has 0 amide bonds. The third kappa shape index (κ3) is 3.37. The summed E-state index contributed by atoms with van der Waals surface area (Å²) in [4.78, 5) is 6.49. The molecule has 0 saturated carbocycles. The van der Waals surface area contributed by atoms with Crippen LogP contribution in [0.15, 0.2) is 30.5 Å². The molecule has 0 saturated heterocycles. The van der Waals surface area contributed by atoms with Crippen molar-refractivity contribution in [1.82, 2.24) is 4.98 Å². The highest BCUT2D eigenvalue weighted by molar-refractivity contribution is 6.31. The van der Waals surface area contributed by atoms with Crippen LogP contribution in [0.4, 0.5) is 5.69 Å². The molecule has 0 atom stereocenters. The van der Waals surface area contributed by atoms with E-state index in [1.807, 2.05) is 38.1 Å². The van der Waals surface area contributed by atoms with Crippen LogP contribution < -0.4 is 4.90 Å². The minimum Gasteiger partial charge on any atom is -0.389 e. The van der Waals surface area contributed by atoms with E-state index in [0.29, 0.717) is 11.6 Å². The number of nitrogens with zero attached hydrogens (tertiary/aromatic N) is 2. The zero-order valence-electron chi connectivity index (χ0n) is 11.5. The Morgan fingerprint density at radius 1 is 1.32 bits per heavy atom. The fraction of sp³-hybridized carbons (Fsp3) is 0.400. The molecular formula is C15H19ClN2O. The van der Waals surface area contributed by atoms with Crippen molar-refractivity contribution in [2.24, 2.45) is 0 Å². The largest absolute Gasteiger partial charge is 0.389 e. The molecule has 0 aliphatic heterocycles.